The average Bonchev–Trinajstić information content (AvgIpc) is 2.97. The van der Waals surface area contributed by atoms with Crippen LogP contribution >= 0.6 is 0 Å². The molecule has 2 unspecified atom stereocenters. The summed E-state index contributed by atoms with van der Waals surface area (Å²) in [4.78, 5) is 23.7. The third kappa shape index (κ3) is 3.84. The molecular weight excluding hydrogens is 246 g/mol. The highest BCUT2D eigenvalue weighted by Crippen LogP contribution is 2.45. The molecule has 0 heterocycles. The summed E-state index contributed by atoms with van der Waals surface area (Å²) in [6, 6.07) is 0. The van der Waals surface area contributed by atoms with E-state index in [9.17, 15) is 9.59 Å². The molecule has 1 fully saturated rings. The maximum absolute atomic E-state index is 12.0. The van der Waals surface area contributed by atoms with Crippen molar-refractivity contribution in [1.29, 1.82) is 0 Å². The molecule has 2 atom stereocenters. The van der Waals surface area contributed by atoms with E-state index in [2.05, 4.69) is 18.5 Å². The first-order valence-electron chi connectivity index (χ1n) is 6.17. The summed E-state index contributed by atoms with van der Waals surface area (Å²) in [5.41, 5.74) is -1.65. The molecule has 1 saturated carbocycles. The first-order valence-corrected chi connectivity index (χ1v) is 6.17. The van der Waals surface area contributed by atoms with Gasteiger partial charge in [-0.2, -0.15) is 0 Å². The Kier molecular flexibility index (Phi) is 4.39. The molecule has 5 heteroatoms. The largest absolute Gasteiger partial charge is 0.460 e. The number of carbonyl (C=O) groups is 2. The Morgan fingerprint density at radius 3 is 2.47 bits per heavy atom. The first kappa shape index (κ1) is 15.3. The highest BCUT2D eigenvalue weighted by atomic mass is 16.6. The Hall–Kier alpha value is -1.78. The predicted molar refractivity (Wildman–Crippen MR) is 71.6 cm³/mol. The van der Waals surface area contributed by atoms with Crippen LogP contribution in [-0.4, -0.2) is 29.8 Å². The van der Waals surface area contributed by atoms with Crippen molar-refractivity contribution in [3.05, 3.63) is 25.3 Å². The monoisotopic (exact) mass is 267 g/mol. The van der Waals surface area contributed by atoms with Crippen molar-refractivity contribution < 1.29 is 19.1 Å². The van der Waals surface area contributed by atoms with Gasteiger partial charge in [-0.1, -0.05) is 18.7 Å². The van der Waals surface area contributed by atoms with Crippen molar-refractivity contribution in [3.63, 3.8) is 0 Å². The molecule has 106 valence electrons. The van der Waals surface area contributed by atoms with Gasteiger partial charge in [0.2, 0.25) is 0 Å². The van der Waals surface area contributed by atoms with E-state index in [0.717, 1.165) is 0 Å². The van der Waals surface area contributed by atoms with Gasteiger partial charge >= 0.3 is 12.1 Å². The molecule has 1 rings (SSSR count). The minimum atomic E-state index is -1.03. The molecule has 5 nitrogen and oxygen atoms in total. The highest BCUT2D eigenvalue weighted by molar-refractivity contribution is 5.90. The zero-order chi connectivity index (χ0) is 14.7. The van der Waals surface area contributed by atoms with Crippen molar-refractivity contribution in [2.24, 2.45) is 5.92 Å². The number of carbonyl (C=O) groups excluding carboxylic acids is 2. The zero-order valence-electron chi connectivity index (χ0n) is 11.7. The fourth-order valence-corrected chi connectivity index (χ4v) is 1.75. The topological polar surface area (TPSA) is 64.6 Å². The van der Waals surface area contributed by atoms with Crippen LogP contribution in [0.1, 0.15) is 27.2 Å². The molecule has 1 amide bonds. The molecule has 1 N–H and O–H groups in total. The van der Waals surface area contributed by atoms with Gasteiger partial charge in [0, 0.05) is 5.92 Å². The summed E-state index contributed by atoms with van der Waals surface area (Å²) in [6.07, 6.45) is 2.95. The molecule has 0 aromatic carbocycles. The summed E-state index contributed by atoms with van der Waals surface area (Å²) >= 11 is 0. The van der Waals surface area contributed by atoms with Gasteiger partial charge < -0.3 is 14.8 Å². The maximum atomic E-state index is 12.0. The normalized spacial score (nSPS) is 25.1. The Balaban J connectivity index is 2.68. The van der Waals surface area contributed by atoms with Crippen LogP contribution < -0.4 is 5.32 Å². The fourth-order valence-electron chi connectivity index (χ4n) is 1.75. The van der Waals surface area contributed by atoms with Crippen molar-refractivity contribution in [3.8, 4) is 0 Å². The molecule has 0 aromatic rings. The van der Waals surface area contributed by atoms with Crippen LogP contribution in [-0.2, 0) is 14.3 Å². The van der Waals surface area contributed by atoms with Crippen LogP contribution in [0, 0.1) is 5.92 Å². The standard InChI is InChI=1S/C14H21NO4/c1-6-8-18-11(16)14(9-10(14)7-2)15-12(17)19-13(3,4)5/h6-7,10H,1-2,8-9H2,3-5H3,(H,15,17). The molecule has 0 aliphatic heterocycles. The van der Waals surface area contributed by atoms with E-state index in [-0.39, 0.29) is 12.5 Å². The van der Waals surface area contributed by atoms with E-state index in [1.165, 1.54) is 6.08 Å². The van der Waals surface area contributed by atoms with Gasteiger partial charge in [-0.05, 0) is 27.2 Å². The number of amides is 1. The third-order valence-corrected chi connectivity index (χ3v) is 2.72. The summed E-state index contributed by atoms with van der Waals surface area (Å²) in [7, 11) is 0. The van der Waals surface area contributed by atoms with Crippen molar-refractivity contribution in [2.45, 2.75) is 38.3 Å². The molecule has 0 spiro atoms. The van der Waals surface area contributed by atoms with Crippen LogP contribution in [0.4, 0.5) is 4.79 Å². The number of esters is 1. The van der Waals surface area contributed by atoms with Gasteiger partial charge in [0.05, 0.1) is 0 Å². The van der Waals surface area contributed by atoms with Crippen molar-refractivity contribution in [1.82, 2.24) is 5.32 Å². The molecule has 0 bridgehead atoms. The van der Waals surface area contributed by atoms with Crippen LogP contribution in [0.5, 0.6) is 0 Å². The first-order chi connectivity index (χ1) is 8.75. The van der Waals surface area contributed by atoms with E-state index in [1.54, 1.807) is 26.8 Å². The highest BCUT2D eigenvalue weighted by Gasteiger charge is 2.61. The second-order valence-electron chi connectivity index (χ2n) is 5.53. The Bertz CT molecular complexity index is 397. The summed E-state index contributed by atoms with van der Waals surface area (Å²) in [5, 5.41) is 2.59. The lowest BCUT2D eigenvalue weighted by atomic mass is 10.2. The number of ether oxygens (including phenoxy) is 2. The van der Waals surface area contributed by atoms with Gasteiger partial charge in [-0.15, -0.1) is 6.58 Å². The average molecular weight is 267 g/mol. The minimum Gasteiger partial charge on any atom is -0.460 e. The Labute approximate surface area is 113 Å². The van der Waals surface area contributed by atoms with E-state index in [1.807, 2.05) is 0 Å². The second kappa shape index (κ2) is 5.47. The van der Waals surface area contributed by atoms with Gasteiger partial charge in [-0.25, -0.2) is 9.59 Å². The Morgan fingerprint density at radius 1 is 1.42 bits per heavy atom. The van der Waals surface area contributed by atoms with Crippen LogP contribution in [0.15, 0.2) is 25.3 Å². The number of hydrogen-bond donors (Lipinski definition) is 1. The van der Waals surface area contributed by atoms with E-state index in [0.29, 0.717) is 6.42 Å². The molecule has 0 saturated heterocycles. The molecular formula is C14H21NO4. The van der Waals surface area contributed by atoms with E-state index < -0.39 is 23.2 Å². The quantitative estimate of drug-likeness (QED) is 0.612. The number of nitrogens with one attached hydrogen (secondary N) is 1. The SMILES string of the molecule is C=CCOC(=O)C1(NC(=O)OC(C)(C)C)CC1C=C. The van der Waals surface area contributed by atoms with E-state index >= 15 is 0 Å². The van der Waals surface area contributed by atoms with Gasteiger partial charge in [0.25, 0.3) is 0 Å². The molecule has 1 aliphatic carbocycles. The van der Waals surface area contributed by atoms with Gasteiger partial charge in [-0.3, -0.25) is 0 Å². The van der Waals surface area contributed by atoms with Gasteiger partial charge in [0.1, 0.15) is 17.7 Å². The maximum Gasteiger partial charge on any atom is 0.408 e. The second-order valence-corrected chi connectivity index (χ2v) is 5.53. The molecule has 0 aromatic heterocycles. The minimum absolute atomic E-state index is 0.112. The number of alkyl carbamates (subject to hydrolysis) is 1. The zero-order valence-corrected chi connectivity index (χ0v) is 11.7. The lowest BCUT2D eigenvalue weighted by Crippen LogP contribution is -2.47. The van der Waals surface area contributed by atoms with Crippen LogP contribution in [0.2, 0.25) is 0 Å². The van der Waals surface area contributed by atoms with Gasteiger partial charge in [0.15, 0.2) is 0 Å². The smallest absolute Gasteiger partial charge is 0.408 e. The molecule has 1 aliphatic rings. The molecule has 0 radical (unpaired) electrons. The summed E-state index contributed by atoms with van der Waals surface area (Å²) in [5.74, 6) is -0.611. The summed E-state index contributed by atoms with van der Waals surface area (Å²) < 4.78 is 10.2. The number of hydrogen-bond acceptors (Lipinski definition) is 4. The lowest BCUT2D eigenvalue weighted by molar-refractivity contribution is -0.146. The van der Waals surface area contributed by atoms with Crippen LogP contribution in [0.25, 0.3) is 0 Å². The fraction of sp³-hybridized carbons (Fsp3) is 0.571. The number of rotatable bonds is 5. The van der Waals surface area contributed by atoms with Crippen molar-refractivity contribution >= 4 is 12.1 Å². The van der Waals surface area contributed by atoms with Crippen molar-refractivity contribution in [2.75, 3.05) is 6.61 Å². The third-order valence-electron chi connectivity index (χ3n) is 2.72. The van der Waals surface area contributed by atoms with Crippen LogP contribution in [0.3, 0.4) is 0 Å². The predicted octanol–water partition coefficient (Wildman–Crippen LogP) is 2.18. The summed E-state index contributed by atoms with van der Waals surface area (Å²) in [6.45, 7) is 12.5. The van der Waals surface area contributed by atoms with E-state index in [4.69, 9.17) is 9.47 Å². The lowest BCUT2D eigenvalue weighted by Gasteiger charge is -2.23. The Morgan fingerprint density at radius 2 is 2.05 bits per heavy atom. The molecule has 19 heavy (non-hydrogen) atoms.